The number of nitrogens with zero attached hydrogens (tertiary/aromatic N) is 5. The molecule has 0 fully saturated rings. The Morgan fingerprint density at radius 2 is 2.06 bits per heavy atom. The molecule has 3 N–H and O–H groups in total. The number of anilines is 1. The van der Waals surface area contributed by atoms with Crippen LogP contribution in [0.3, 0.4) is 0 Å². The number of aromatic nitrogens is 4. The molecule has 13 heteroatoms. The van der Waals surface area contributed by atoms with Gasteiger partial charge in [0.15, 0.2) is 5.82 Å². The monoisotopic (exact) mass is 489 g/mol. The predicted molar refractivity (Wildman–Crippen MR) is 126 cm³/mol. The van der Waals surface area contributed by atoms with Crippen molar-refractivity contribution in [1.29, 1.82) is 0 Å². The molecule has 0 atom stereocenters. The van der Waals surface area contributed by atoms with E-state index < -0.39 is 11.9 Å². The van der Waals surface area contributed by atoms with Crippen LogP contribution >= 0.6 is 23.1 Å². The van der Waals surface area contributed by atoms with Gasteiger partial charge in [0.1, 0.15) is 5.00 Å². The third kappa shape index (κ3) is 5.31. The van der Waals surface area contributed by atoms with Crippen molar-refractivity contribution in [3.05, 3.63) is 40.5 Å². The zero-order valence-electron chi connectivity index (χ0n) is 18.5. The number of nitrogens with one attached hydrogen (secondary N) is 1. The van der Waals surface area contributed by atoms with Crippen LogP contribution in [-0.2, 0) is 9.53 Å². The molecule has 0 saturated heterocycles. The number of rotatable bonds is 8. The van der Waals surface area contributed by atoms with Gasteiger partial charge in [-0.15, -0.1) is 21.5 Å². The van der Waals surface area contributed by atoms with Crippen LogP contribution in [0.15, 0.2) is 29.7 Å². The number of carbonyl (C=O) groups excluding carboxylic acids is 3. The van der Waals surface area contributed by atoms with Gasteiger partial charge in [-0.2, -0.15) is 0 Å². The summed E-state index contributed by atoms with van der Waals surface area (Å²) in [5.74, 6) is 5.17. The van der Waals surface area contributed by atoms with Crippen LogP contribution in [0.25, 0.3) is 11.4 Å². The number of nitrogen functional groups attached to an aromatic ring is 1. The van der Waals surface area contributed by atoms with Crippen LogP contribution in [0.2, 0.25) is 0 Å². The van der Waals surface area contributed by atoms with Gasteiger partial charge in [0.2, 0.25) is 11.1 Å². The van der Waals surface area contributed by atoms with E-state index in [1.807, 2.05) is 0 Å². The number of hydrogen-bond acceptors (Lipinski definition) is 10. The van der Waals surface area contributed by atoms with Crippen molar-refractivity contribution < 1.29 is 19.1 Å². The number of pyridine rings is 1. The van der Waals surface area contributed by atoms with E-state index in [-0.39, 0.29) is 28.8 Å². The molecule has 0 aliphatic rings. The van der Waals surface area contributed by atoms with E-state index in [0.29, 0.717) is 27.0 Å². The summed E-state index contributed by atoms with van der Waals surface area (Å²) in [6.45, 7) is 3.50. The Morgan fingerprint density at radius 1 is 1.30 bits per heavy atom. The molecule has 2 amide bonds. The zero-order chi connectivity index (χ0) is 24.1. The molecule has 0 radical (unpaired) electrons. The van der Waals surface area contributed by atoms with Gasteiger partial charge in [-0.3, -0.25) is 14.6 Å². The van der Waals surface area contributed by atoms with Crippen LogP contribution in [-0.4, -0.2) is 69.0 Å². The van der Waals surface area contributed by atoms with Gasteiger partial charge in [-0.25, -0.2) is 9.47 Å². The summed E-state index contributed by atoms with van der Waals surface area (Å²) in [4.78, 5) is 43.4. The molecule has 0 unspecified atom stereocenters. The minimum Gasteiger partial charge on any atom is -0.462 e. The second kappa shape index (κ2) is 10.4. The van der Waals surface area contributed by atoms with Crippen molar-refractivity contribution in [1.82, 2.24) is 24.8 Å². The molecule has 3 heterocycles. The van der Waals surface area contributed by atoms with E-state index in [1.54, 1.807) is 52.5 Å². The standard InChI is InChI=1S/C20H23N7O4S2/c1-5-31-19(30)14-11(2)15(18(29)26(3)4)33-17(14)23-13(28)10-32-20-25-24-16(27(20)21)12-7-6-8-22-9-12/h6-9H,5,10,21H2,1-4H3,(H,23,28). The lowest BCUT2D eigenvalue weighted by Crippen LogP contribution is -2.21. The molecule has 0 aliphatic heterocycles. The first kappa shape index (κ1) is 24.2. The van der Waals surface area contributed by atoms with Crippen LogP contribution < -0.4 is 11.2 Å². The summed E-state index contributed by atoms with van der Waals surface area (Å²) < 4.78 is 6.40. The highest BCUT2D eigenvalue weighted by atomic mass is 32.2. The van der Waals surface area contributed by atoms with E-state index >= 15 is 0 Å². The van der Waals surface area contributed by atoms with Crippen molar-refractivity contribution in [3.63, 3.8) is 0 Å². The second-order valence-electron chi connectivity index (χ2n) is 6.94. The van der Waals surface area contributed by atoms with Crippen molar-refractivity contribution >= 4 is 45.9 Å². The fourth-order valence-electron chi connectivity index (χ4n) is 2.82. The highest BCUT2D eigenvalue weighted by molar-refractivity contribution is 7.99. The largest absolute Gasteiger partial charge is 0.462 e. The Hall–Kier alpha value is -3.45. The van der Waals surface area contributed by atoms with Gasteiger partial charge < -0.3 is 20.8 Å². The highest BCUT2D eigenvalue weighted by Gasteiger charge is 2.27. The summed E-state index contributed by atoms with van der Waals surface area (Å²) in [6.07, 6.45) is 3.24. The highest BCUT2D eigenvalue weighted by Crippen LogP contribution is 2.34. The summed E-state index contributed by atoms with van der Waals surface area (Å²) in [6, 6.07) is 3.55. The lowest BCUT2D eigenvalue weighted by Gasteiger charge is -2.09. The van der Waals surface area contributed by atoms with Crippen LogP contribution in [0.4, 0.5) is 5.00 Å². The number of ether oxygens (including phenoxy) is 1. The van der Waals surface area contributed by atoms with Crippen molar-refractivity contribution in [2.24, 2.45) is 0 Å². The number of nitrogens with two attached hydrogens (primary N) is 1. The minimum atomic E-state index is -0.602. The first-order valence-corrected chi connectivity index (χ1v) is 11.6. The van der Waals surface area contributed by atoms with Gasteiger partial charge >= 0.3 is 5.97 Å². The first-order valence-electron chi connectivity index (χ1n) is 9.80. The van der Waals surface area contributed by atoms with Crippen LogP contribution in [0.5, 0.6) is 0 Å². The number of thiophene rings is 1. The summed E-state index contributed by atoms with van der Waals surface area (Å²) in [5, 5.41) is 11.4. The Bertz CT molecular complexity index is 1170. The molecule has 0 aliphatic carbocycles. The molecule has 174 valence electrons. The number of thioether (sulfide) groups is 1. The fraction of sp³-hybridized carbons (Fsp3) is 0.300. The predicted octanol–water partition coefficient (Wildman–Crippen LogP) is 2.03. The van der Waals surface area contributed by atoms with Crippen molar-refractivity contribution in [3.8, 4) is 11.4 Å². The summed E-state index contributed by atoms with van der Waals surface area (Å²) in [5.41, 5.74) is 1.32. The molecule has 33 heavy (non-hydrogen) atoms. The number of hydrogen-bond donors (Lipinski definition) is 2. The average molecular weight is 490 g/mol. The van der Waals surface area contributed by atoms with Crippen LogP contribution in [0, 0.1) is 6.92 Å². The zero-order valence-corrected chi connectivity index (χ0v) is 20.1. The van der Waals surface area contributed by atoms with Gasteiger partial charge in [-0.1, -0.05) is 11.8 Å². The lowest BCUT2D eigenvalue weighted by atomic mass is 10.1. The molecule has 0 spiro atoms. The molecule has 0 bridgehead atoms. The molecule has 11 nitrogen and oxygen atoms in total. The van der Waals surface area contributed by atoms with Gasteiger partial charge in [0, 0.05) is 32.1 Å². The topological polar surface area (TPSA) is 145 Å². The summed E-state index contributed by atoms with van der Waals surface area (Å²) in [7, 11) is 3.23. The fourth-order valence-corrected chi connectivity index (χ4v) is 4.71. The smallest absolute Gasteiger partial charge is 0.341 e. The van der Waals surface area contributed by atoms with Crippen LogP contribution in [0.1, 0.15) is 32.5 Å². The third-order valence-electron chi connectivity index (χ3n) is 4.40. The molecule has 3 rings (SSSR count). The Balaban J connectivity index is 1.76. The number of carbonyl (C=O) groups is 3. The maximum absolute atomic E-state index is 12.6. The van der Waals surface area contributed by atoms with Gasteiger partial charge in [0.05, 0.1) is 22.8 Å². The second-order valence-corrected chi connectivity index (χ2v) is 8.90. The molecule has 3 aromatic rings. The molecule has 3 aromatic heterocycles. The minimum absolute atomic E-state index is 0.0431. The lowest BCUT2D eigenvalue weighted by molar-refractivity contribution is -0.113. The van der Waals surface area contributed by atoms with E-state index in [1.165, 1.54) is 9.58 Å². The summed E-state index contributed by atoms with van der Waals surface area (Å²) >= 11 is 2.12. The maximum Gasteiger partial charge on any atom is 0.341 e. The maximum atomic E-state index is 12.6. The van der Waals surface area contributed by atoms with E-state index in [2.05, 4.69) is 20.5 Å². The van der Waals surface area contributed by atoms with E-state index in [4.69, 9.17) is 10.6 Å². The molecular formula is C20H23N7O4S2. The molecular weight excluding hydrogens is 466 g/mol. The third-order valence-corrected chi connectivity index (χ3v) is 6.53. The Morgan fingerprint density at radius 3 is 2.70 bits per heavy atom. The SMILES string of the molecule is CCOC(=O)c1c(NC(=O)CSc2nnc(-c3cccnc3)n2N)sc(C(=O)N(C)C)c1C. The molecule has 0 saturated carbocycles. The Labute approximate surface area is 198 Å². The first-order chi connectivity index (χ1) is 15.7. The van der Waals surface area contributed by atoms with E-state index in [9.17, 15) is 14.4 Å². The number of esters is 1. The van der Waals surface area contributed by atoms with E-state index in [0.717, 1.165) is 23.1 Å². The average Bonchev–Trinajstić information content (AvgIpc) is 3.31. The van der Waals surface area contributed by atoms with Crippen molar-refractivity contribution in [2.45, 2.75) is 19.0 Å². The normalized spacial score (nSPS) is 10.7. The van der Waals surface area contributed by atoms with Gasteiger partial charge in [-0.05, 0) is 31.5 Å². The quantitative estimate of drug-likeness (QED) is 0.276. The van der Waals surface area contributed by atoms with Crippen molar-refractivity contribution in [2.75, 3.05) is 37.6 Å². The Kier molecular flexibility index (Phi) is 7.66. The van der Waals surface area contributed by atoms with Gasteiger partial charge in [0.25, 0.3) is 5.91 Å². The molecule has 0 aromatic carbocycles. The number of amides is 2.